The van der Waals surface area contributed by atoms with Crippen LogP contribution in [0.5, 0.6) is 5.75 Å². The van der Waals surface area contributed by atoms with Gasteiger partial charge in [-0.2, -0.15) is 0 Å². The van der Waals surface area contributed by atoms with Crippen molar-refractivity contribution in [3.8, 4) is 5.75 Å². The zero-order chi connectivity index (χ0) is 12.1. The van der Waals surface area contributed by atoms with Crippen LogP contribution in [0.25, 0.3) is 0 Å². The third-order valence-corrected chi connectivity index (χ3v) is 2.88. The average Bonchev–Trinajstić information content (AvgIpc) is 2.40. The highest BCUT2D eigenvalue weighted by Gasteiger charge is 2.18. The molecular weight excluding hydrogens is 218 g/mol. The number of methoxy groups -OCH3 is 1. The molecule has 0 aromatic carbocycles. The summed E-state index contributed by atoms with van der Waals surface area (Å²) >= 11 is 0. The molecule has 0 unspecified atom stereocenters. The first-order chi connectivity index (χ1) is 8.31. The lowest BCUT2D eigenvalue weighted by Gasteiger charge is -2.24. The van der Waals surface area contributed by atoms with Crippen LogP contribution in [0.3, 0.4) is 0 Å². The van der Waals surface area contributed by atoms with Crippen molar-refractivity contribution in [1.29, 1.82) is 0 Å². The van der Waals surface area contributed by atoms with Gasteiger partial charge in [0.2, 0.25) is 0 Å². The van der Waals surface area contributed by atoms with E-state index in [2.05, 4.69) is 15.6 Å². The van der Waals surface area contributed by atoms with Crippen molar-refractivity contribution in [2.45, 2.75) is 18.9 Å². The van der Waals surface area contributed by atoms with Crippen LogP contribution in [-0.2, 0) is 0 Å². The molecule has 1 saturated heterocycles. The van der Waals surface area contributed by atoms with Crippen LogP contribution in [0.1, 0.15) is 23.2 Å². The van der Waals surface area contributed by atoms with Gasteiger partial charge in [-0.15, -0.1) is 0 Å². The molecule has 1 fully saturated rings. The van der Waals surface area contributed by atoms with Crippen LogP contribution >= 0.6 is 0 Å². The number of nitrogens with zero attached hydrogens (tertiary/aromatic N) is 1. The molecule has 0 radical (unpaired) electrons. The zero-order valence-electron chi connectivity index (χ0n) is 9.90. The highest BCUT2D eigenvalue weighted by molar-refractivity contribution is 5.96. The average molecular weight is 235 g/mol. The number of rotatable bonds is 3. The maximum absolute atomic E-state index is 12.0. The first-order valence-electron chi connectivity index (χ1n) is 5.81. The molecule has 0 aliphatic carbocycles. The topological polar surface area (TPSA) is 63.2 Å². The van der Waals surface area contributed by atoms with Crippen molar-refractivity contribution in [3.63, 3.8) is 0 Å². The van der Waals surface area contributed by atoms with Crippen LogP contribution in [-0.4, -0.2) is 37.1 Å². The molecule has 1 aromatic heterocycles. The molecule has 92 valence electrons. The van der Waals surface area contributed by atoms with Crippen molar-refractivity contribution in [2.75, 3.05) is 20.2 Å². The van der Waals surface area contributed by atoms with Gasteiger partial charge in [-0.3, -0.25) is 9.78 Å². The summed E-state index contributed by atoms with van der Waals surface area (Å²) in [5.74, 6) is 0.409. The van der Waals surface area contributed by atoms with Gasteiger partial charge in [0.1, 0.15) is 5.75 Å². The molecule has 0 bridgehead atoms. The lowest BCUT2D eigenvalue weighted by molar-refractivity contribution is 0.0927. The second-order valence-corrected chi connectivity index (χ2v) is 4.09. The van der Waals surface area contributed by atoms with Crippen LogP contribution in [0.15, 0.2) is 18.5 Å². The van der Waals surface area contributed by atoms with Crippen LogP contribution in [0.2, 0.25) is 0 Å². The molecule has 2 N–H and O–H groups in total. The Hall–Kier alpha value is -1.62. The van der Waals surface area contributed by atoms with E-state index in [1.807, 2.05) is 0 Å². The maximum Gasteiger partial charge on any atom is 0.255 e. The third kappa shape index (κ3) is 2.94. The van der Waals surface area contributed by atoms with Crippen LogP contribution in [0.4, 0.5) is 0 Å². The van der Waals surface area contributed by atoms with Gasteiger partial charge >= 0.3 is 0 Å². The molecule has 0 spiro atoms. The molecule has 1 atom stereocenters. The van der Waals surface area contributed by atoms with Crippen molar-refractivity contribution >= 4 is 5.91 Å². The van der Waals surface area contributed by atoms with Gasteiger partial charge in [0.25, 0.3) is 5.91 Å². The molecule has 1 aliphatic rings. The Morgan fingerprint density at radius 1 is 1.65 bits per heavy atom. The molecule has 1 amide bonds. The summed E-state index contributed by atoms with van der Waals surface area (Å²) in [7, 11) is 1.54. The summed E-state index contributed by atoms with van der Waals surface area (Å²) < 4.78 is 5.12. The zero-order valence-corrected chi connectivity index (χ0v) is 9.90. The minimum Gasteiger partial charge on any atom is -0.494 e. The number of piperidine rings is 1. The van der Waals surface area contributed by atoms with Gasteiger partial charge in [-0.05, 0) is 25.5 Å². The van der Waals surface area contributed by atoms with Crippen LogP contribution in [0, 0.1) is 0 Å². The van der Waals surface area contributed by atoms with E-state index >= 15 is 0 Å². The number of aromatic nitrogens is 1. The molecule has 5 nitrogen and oxygen atoms in total. The highest BCUT2D eigenvalue weighted by atomic mass is 16.5. The Morgan fingerprint density at radius 2 is 2.53 bits per heavy atom. The fourth-order valence-corrected chi connectivity index (χ4v) is 1.97. The quantitative estimate of drug-likeness (QED) is 0.804. The molecule has 17 heavy (non-hydrogen) atoms. The van der Waals surface area contributed by atoms with E-state index < -0.39 is 0 Å². The Balaban J connectivity index is 2.03. The molecular formula is C12H17N3O2. The van der Waals surface area contributed by atoms with E-state index in [-0.39, 0.29) is 11.9 Å². The van der Waals surface area contributed by atoms with Crippen molar-refractivity contribution < 1.29 is 9.53 Å². The van der Waals surface area contributed by atoms with Crippen molar-refractivity contribution in [3.05, 3.63) is 24.0 Å². The summed E-state index contributed by atoms with van der Waals surface area (Å²) in [6, 6.07) is 1.87. The van der Waals surface area contributed by atoms with Gasteiger partial charge in [0, 0.05) is 18.8 Å². The lowest BCUT2D eigenvalue weighted by atomic mass is 10.1. The van der Waals surface area contributed by atoms with Gasteiger partial charge in [-0.25, -0.2) is 0 Å². The number of nitrogens with one attached hydrogen (secondary N) is 2. The van der Waals surface area contributed by atoms with E-state index in [9.17, 15) is 4.79 Å². The fourth-order valence-electron chi connectivity index (χ4n) is 1.97. The first-order valence-corrected chi connectivity index (χ1v) is 5.81. The molecule has 2 heterocycles. The largest absolute Gasteiger partial charge is 0.494 e. The van der Waals surface area contributed by atoms with Crippen molar-refractivity contribution in [1.82, 2.24) is 15.6 Å². The monoisotopic (exact) mass is 235 g/mol. The number of carbonyl (C=O) groups is 1. The first kappa shape index (κ1) is 11.9. The second-order valence-electron chi connectivity index (χ2n) is 4.09. The smallest absolute Gasteiger partial charge is 0.255 e. The van der Waals surface area contributed by atoms with Gasteiger partial charge in [0.15, 0.2) is 0 Å². The number of pyridine rings is 1. The van der Waals surface area contributed by atoms with E-state index in [1.54, 1.807) is 18.5 Å². The fraction of sp³-hybridized carbons (Fsp3) is 0.500. The Bertz CT molecular complexity index is 389. The molecule has 1 aromatic rings. The highest BCUT2D eigenvalue weighted by Crippen LogP contribution is 2.15. The molecule has 5 heteroatoms. The number of hydrogen-bond acceptors (Lipinski definition) is 4. The summed E-state index contributed by atoms with van der Waals surface area (Å²) in [5, 5.41) is 6.26. The third-order valence-electron chi connectivity index (χ3n) is 2.88. The molecule has 2 rings (SSSR count). The predicted molar refractivity (Wildman–Crippen MR) is 64.1 cm³/mol. The normalized spacial score (nSPS) is 19.7. The van der Waals surface area contributed by atoms with E-state index in [1.165, 1.54) is 7.11 Å². The van der Waals surface area contributed by atoms with E-state index in [0.717, 1.165) is 25.9 Å². The predicted octanol–water partition coefficient (Wildman–Crippen LogP) is 0.572. The molecule has 0 saturated carbocycles. The minimum atomic E-state index is -0.0991. The maximum atomic E-state index is 12.0. The summed E-state index contributed by atoms with van der Waals surface area (Å²) in [6.07, 6.45) is 5.26. The summed E-state index contributed by atoms with van der Waals surface area (Å²) in [6.45, 7) is 1.87. The summed E-state index contributed by atoms with van der Waals surface area (Å²) in [4.78, 5) is 16.0. The second kappa shape index (κ2) is 5.63. The van der Waals surface area contributed by atoms with E-state index in [4.69, 9.17) is 4.74 Å². The standard InChI is InChI=1S/C12H17N3O2/c1-17-11-8-14-6-4-10(11)12(16)15-9-3-2-5-13-7-9/h4,6,8-9,13H,2-3,5,7H2,1H3,(H,15,16)/t9-/m0/s1. The number of amides is 1. The van der Waals surface area contributed by atoms with Crippen molar-refractivity contribution in [2.24, 2.45) is 0 Å². The lowest BCUT2D eigenvalue weighted by Crippen LogP contribution is -2.45. The van der Waals surface area contributed by atoms with Gasteiger partial charge in [0.05, 0.1) is 18.9 Å². The Kier molecular flexibility index (Phi) is 3.93. The number of hydrogen-bond donors (Lipinski definition) is 2. The van der Waals surface area contributed by atoms with Gasteiger partial charge in [-0.1, -0.05) is 0 Å². The number of ether oxygens (including phenoxy) is 1. The van der Waals surface area contributed by atoms with E-state index in [0.29, 0.717) is 11.3 Å². The van der Waals surface area contributed by atoms with Crippen LogP contribution < -0.4 is 15.4 Å². The SMILES string of the molecule is COc1cnccc1C(=O)N[C@H]1CCCNC1. The summed E-state index contributed by atoms with van der Waals surface area (Å²) in [5.41, 5.74) is 0.535. The minimum absolute atomic E-state index is 0.0991. The molecule has 1 aliphatic heterocycles. The Morgan fingerprint density at radius 3 is 3.24 bits per heavy atom. The Labute approximate surface area is 101 Å². The van der Waals surface area contributed by atoms with Gasteiger partial charge < -0.3 is 15.4 Å². The number of carbonyl (C=O) groups excluding carboxylic acids is 1.